The first-order chi connectivity index (χ1) is 12.3. The van der Waals surface area contributed by atoms with Crippen LogP contribution >= 0.6 is 0 Å². The van der Waals surface area contributed by atoms with Gasteiger partial charge in [-0.05, 0) is 42.5 Å². The van der Waals surface area contributed by atoms with Crippen molar-refractivity contribution in [3.05, 3.63) is 48.0 Å². The topological polar surface area (TPSA) is 111 Å². The summed E-state index contributed by atoms with van der Waals surface area (Å²) in [5, 5.41) is 2.53. The highest BCUT2D eigenvalue weighted by Gasteiger charge is 2.20. The van der Waals surface area contributed by atoms with Crippen LogP contribution in [0, 0.1) is 0 Å². The highest BCUT2D eigenvalue weighted by Crippen LogP contribution is 2.27. The van der Waals surface area contributed by atoms with Crippen LogP contribution in [-0.2, 0) is 14.8 Å². The molecule has 0 fully saturated rings. The van der Waals surface area contributed by atoms with Crippen LogP contribution < -0.4 is 19.5 Å². The molecule has 2 aromatic carbocycles. The van der Waals surface area contributed by atoms with Gasteiger partial charge in [0.15, 0.2) is 11.5 Å². The van der Waals surface area contributed by atoms with E-state index in [2.05, 4.69) is 5.32 Å². The molecular formula is C17H18N2O6S. The Labute approximate surface area is 151 Å². The number of carbonyl (C=O) groups is 2. The maximum Gasteiger partial charge on any atom is 0.265 e. The molecular weight excluding hydrogens is 360 g/mol. The van der Waals surface area contributed by atoms with Crippen molar-refractivity contribution in [3.63, 3.8) is 0 Å². The molecule has 0 radical (unpaired) electrons. The summed E-state index contributed by atoms with van der Waals surface area (Å²) in [7, 11) is -1.21. The Morgan fingerprint density at radius 3 is 2.08 bits per heavy atom. The summed E-state index contributed by atoms with van der Waals surface area (Å²) in [6, 6.07) is 9.73. The zero-order valence-corrected chi connectivity index (χ0v) is 15.2. The summed E-state index contributed by atoms with van der Waals surface area (Å²) in [5.74, 6) is -0.364. The van der Waals surface area contributed by atoms with E-state index in [9.17, 15) is 18.0 Å². The lowest BCUT2D eigenvalue weighted by Gasteiger charge is -2.11. The van der Waals surface area contributed by atoms with Crippen molar-refractivity contribution >= 4 is 27.5 Å². The van der Waals surface area contributed by atoms with E-state index in [0.29, 0.717) is 17.2 Å². The fourth-order valence-electron chi connectivity index (χ4n) is 2.14. The van der Waals surface area contributed by atoms with Gasteiger partial charge in [0.2, 0.25) is 5.91 Å². The van der Waals surface area contributed by atoms with E-state index in [0.717, 1.165) is 0 Å². The van der Waals surface area contributed by atoms with Crippen molar-refractivity contribution < 1.29 is 27.5 Å². The van der Waals surface area contributed by atoms with Gasteiger partial charge in [-0.3, -0.25) is 9.59 Å². The number of methoxy groups -OCH3 is 2. The van der Waals surface area contributed by atoms with Crippen LogP contribution in [-0.4, -0.2) is 34.5 Å². The molecule has 0 bridgehead atoms. The number of benzene rings is 2. The summed E-state index contributed by atoms with van der Waals surface area (Å²) in [4.78, 5) is 23.1. The van der Waals surface area contributed by atoms with Gasteiger partial charge in [0.25, 0.3) is 15.9 Å². The summed E-state index contributed by atoms with van der Waals surface area (Å²) in [6.45, 7) is 1.34. The maximum absolute atomic E-state index is 12.4. The Balaban J connectivity index is 2.20. The minimum atomic E-state index is -4.07. The van der Waals surface area contributed by atoms with E-state index >= 15 is 0 Å². The second-order valence-electron chi connectivity index (χ2n) is 5.21. The molecule has 0 unspecified atom stereocenters. The molecule has 0 saturated carbocycles. The molecule has 138 valence electrons. The van der Waals surface area contributed by atoms with E-state index in [1.807, 2.05) is 4.72 Å². The minimum absolute atomic E-state index is 0.0982. The van der Waals surface area contributed by atoms with Gasteiger partial charge in [-0.1, -0.05) is 0 Å². The second kappa shape index (κ2) is 7.87. The van der Waals surface area contributed by atoms with Crippen LogP contribution in [0.25, 0.3) is 0 Å². The number of anilines is 1. The molecule has 0 atom stereocenters. The third kappa shape index (κ3) is 4.51. The van der Waals surface area contributed by atoms with Crippen LogP contribution in [0.4, 0.5) is 5.69 Å². The summed E-state index contributed by atoms with van der Waals surface area (Å²) in [6.07, 6.45) is 0. The van der Waals surface area contributed by atoms with Gasteiger partial charge in [0, 0.05) is 18.2 Å². The molecule has 0 heterocycles. The van der Waals surface area contributed by atoms with E-state index in [-0.39, 0.29) is 16.4 Å². The van der Waals surface area contributed by atoms with Gasteiger partial charge < -0.3 is 14.8 Å². The number of rotatable bonds is 6. The first-order valence-electron chi connectivity index (χ1n) is 7.43. The normalized spacial score (nSPS) is 10.7. The van der Waals surface area contributed by atoms with Crippen molar-refractivity contribution in [2.24, 2.45) is 0 Å². The fourth-order valence-corrected chi connectivity index (χ4v) is 3.11. The fraction of sp³-hybridized carbons (Fsp3) is 0.176. The van der Waals surface area contributed by atoms with Crippen molar-refractivity contribution in [1.29, 1.82) is 0 Å². The average Bonchev–Trinajstić information content (AvgIpc) is 2.60. The Morgan fingerprint density at radius 1 is 0.923 bits per heavy atom. The molecule has 0 aliphatic carbocycles. The predicted molar refractivity (Wildman–Crippen MR) is 94.9 cm³/mol. The lowest BCUT2D eigenvalue weighted by molar-refractivity contribution is -0.114. The Morgan fingerprint density at radius 2 is 1.54 bits per heavy atom. The smallest absolute Gasteiger partial charge is 0.265 e. The molecule has 2 amide bonds. The number of ether oxygens (including phenoxy) is 2. The van der Waals surface area contributed by atoms with Crippen molar-refractivity contribution in [2.75, 3.05) is 19.5 Å². The summed E-state index contributed by atoms with van der Waals surface area (Å²) < 4.78 is 36.9. The second-order valence-corrected chi connectivity index (χ2v) is 6.89. The van der Waals surface area contributed by atoms with Crippen LogP contribution in [0.5, 0.6) is 11.5 Å². The highest BCUT2D eigenvalue weighted by atomic mass is 32.2. The van der Waals surface area contributed by atoms with Crippen molar-refractivity contribution in [1.82, 2.24) is 4.72 Å². The Hall–Kier alpha value is -3.07. The number of hydrogen-bond donors (Lipinski definition) is 2. The van der Waals surface area contributed by atoms with Gasteiger partial charge in [0.1, 0.15) is 0 Å². The van der Waals surface area contributed by atoms with Crippen LogP contribution in [0.2, 0.25) is 0 Å². The molecule has 0 aliphatic rings. The standard InChI is InChI=1S/C17H18N2O6S/c1-11(20)18-13-5-7-14(8-6-13)26(22,23)19-17(21)12-4-9-15(24-2)16(10-12)25-3/h4-10H,1-3H3,(H,18,20)(H,19,21). The lowest BCUT2D eigenvalue weighted by Crippen LogP contribution is -2.30. The van der Waals surface area contributed by atoms with E-state index in [1.54, 1.807) is 0 Å². The quantitative estimate of drug-likeness (QED) is 0.793. The summed E-state index contributed by atoms with van der Waals surface area (Å²) in [5.41, 5.74) is 0.545. The zero-order valence-electron chi connectivity index (χ0n) is 14.4. The van der Waals surface area contributed by atoms with Gasteiger partial charge in [-0.15, -0.1) is 0 Å². The number of amides is 2. The largest absolute Gasteiger partial charge is 0.493 e. The first kappa shape index (κ1) is 19.3. The van der Waals surface area contributed by atoms with Crippen LogP contribution in [0.15, 0.2) is 47.4 Å². The van der Waals surface area contributed by atoms with E-state index in [1.165, 1.54) is 63.6 Å². The van der Waals surface area contributed by atoms with Gasteiger partial charge in [-0.2, -0.15) is 0 Å². The SMILES string of the molecule is COc1ccc(C(=O)NS(=O)(=O)c2ccc(NC(C)=O)cc2)cc1OC. The number of hydrogen-bond acceptors (Lipinski definition) is 6. The Kier molecular flexibility index (Phi) is 5.83. The number of carbonyl (C=O) groups excluding carboxylic acids is 2. The highest BCUT2D eigenvalue weighted by molar-refractivity contribution is 7.90. The zero-order chi connectivity index (χ0) is 19.3. The third-order valence-electron chi connectivity index (χ3n) is 3.36. The molecule has 0 aliphatic heterocycles. The maximum atomic E-state index is 12.4. The van der Waals surface area contributed by atoms with E-state index < -0.39 is 15.9 Å². The predicted octanol–water partition coefficient (Wildman–Crippen LogP) is 1.78. The molecule has 2 N–H and O–H groups in total. The Bertz CT molecular complexity index is 923. The molecule has 8 nitrogen and oxygen atoms in total. The van der Waals surface area contributed by atoms with Crippen molar-refractivity contribution in [2.45, 2.75) is 11.8 Å². The lowest BCUT2D eigenvalue weighted by atomic mass is 10.2. The monoisotopic (exact) mass is 378 g/mol. The minimum Gasteiger partial charge on any atom is -0.493 e. The van der Waals surface area contributed by atoms with Gasteiger partial charge in [0.05, 0.1) is 19.1 Å². The number of nitrogens with one attached hydrogen (secondary N) is 2. The van der Waals surface area contributed by atoms with Gasteiger partial charge >= 0.3 is 0 Å². The molecule has 0 saturated heterocycles. The molecule has 2 aromatic rings. The molecule has 9 heteroatoms. The number of sulfonamides is 1. The van der Waals surface area contributed by atoms with Crippen LogP contribution in [0.3, 0.4) is 0 Å². The third-order valence-corrected chi connectivity index (χ3v) is 4.70. The average molecular weight is 378 g/mol. The molecule has 0 spiro atoms. The van der Waals surface area contributed by atoms with Gasteiger partial charge in [-0.25, -0.2) is 13.1 Å². The summed E-state index contributed by atoms with van der Waals surface area (Å²) >= 11 is 0. The van der Waals surface area contributed by atoms with Crippen LogP contribution in [0.1, 0.15) is 17.3 Å². The molecule has 26 heavy (non-hydrogen) atoms. The van der Waals surface area contributed by atoms with Crippen molar-refractivity contribution in [3.8, 4) is 11.5 Å². The first-order valence-corrected chi connectivity index (χ1v) is 8.92. The molecule has 2 rings (SSSR count). The van der Waals surface area contributed by atoms with E-state index in [4.69, 9.17) is 9.47 Å². The molecule has 0 aromatic heterocycles.